The van der Waals surface area contributed by atoms with Gasteiger partial charge in [-0.3, -0.25) is 0 Å². The number of methoxy groups -OCH3 is 1. The molecular weight excluding hydrogens is 212 g/mol. The predicted molar refractivity (Wildman–Crippen MR) is 56.7 cm³/mol. The number of aromatic hydroxyl groups is 1. The largest absolute Gasteiger partial charge is 0.504 e. The fourth-order valence-electron chi connectivity index (χ4n) is 1.57. The molecule has 0 aliphatic rings. The van der Waals surface area contributed by atoms with Crippen LogP contribution in [0.15, 0.2) is 6.07 Å². The van der Waals surface area contributed by atoms with Crippen LogP contribution in [0, 0.1) is 13.8 Å². The standard InChI is InChI=1S/C11H14O5/c1-5-6(2)10(16-3)8(12)4-7(5)9(13)11(14)15/h4,9,12-13H,1-3H3,(H,14,15). The molecule has 0 spiro atoms. The summed E-state index contributed by atoms with van der Waals surface area (Å²) < 4.78 is 4.97. The maximum Gasteiger partial charge on any atom is 0.337 e. The molecular formula is C11H14O5. The second kappa shape index (κ2) is 4.40. The highest BCUT2D eigenvalue weighted by Gasteiger charge is 2.22. The zero-order valence-corrected chi connectivity index (χ0v) is 9.31. The molecule has 0 saturated heterocycles. The molecule has 5 nitrogen and oxygen atoms in total. The minimum atomic E-state index is -1.64. The summed E-state index contributed by atoms with van der Waals surface area (Å²) in [6.07, 6.45) is -1.64. The molecule has 1 atom stereocenters. The van der Waals surface area contributed by atoms with Gasteiger partial charge in [-0.2, -0.15) is 0 Å². The van der Waals surface area contributed by atoms with Gasteiger partial charge < -0.3 is 20.1 Å². The molecule has 0 aliphatic heterocycles. The van der Waals surface area contributed by atoms with Crippen LogP contribution < -0.4 is 4.74 Å². The number of phenols is 1. The number of aliphatic hydroxyl groups excluding tert-OH is 1. The van der Waals surface area contributed by atoms with E-state index in [-0.39, 0.29) is 11.3 Å². The average molecular weight is 226 g/mol. The van der Waals surface area contributed by atoms with E-state index in [4.69, 9.17) is 9.84 Å². The third-order valence-electron chi connectivity index (χ3n) is 2.59. The number of hydrogen-bond donors (Lipinski definition) is 3. The second-order valence-electron chi connectivity index (χ2n) is 3.51. The number of carboxylic acids is 1. The van der Waals surface area contributed by atoms with Crippen LogP contribution in [0.1, 0.15) is 22.8 Å². The first-order valence-electron chi connectivity index (χ1n) is 4.68. The molecule has 0 aliphatic carbocycles. The van der Waals surface area contributed by atoms with Crippen molar-refractivity contribution in [1.29, 1.82) is 0 Å². The highest BCUT2D eigenvalue weighted by molar-refractivity contribution is 5.75. The molecule has 1 unspecified atom stereocenters. The summed E-state index contributed by atoms with van der Waals surface area (Å²) in [5, 5.41) is 27.7. The van der Waals surface area contributed by atoms with Gasteiger partial charge in [-0.25, -0.2) is 4.79 Å². The van der Waals surface area contributed by atoms with Crippen molar-refractivity contribution >= 4 is 5.97 Å². The molecule has 0 amide bonds. The topological polar surface area (TPSA) is 87.0 Å². The predicted octanol–water partition coefficient (Wildman–Crippen LogP) is 1.14. The Balaban J connectivity index is 3.39. The van der Waals surface area contributed by atoms with Crippen LogP contribution in [-0.4, -0.2) is 28.4 Å². The summed E-state index contributed by atoms with van der Waals surface area (Å²) >= 11 is 0. The van der Waals surface area contributed by atoms with Crippen molar-refractivity contribution in [2.24, 2.45) is 0 Å². The minimum absolute atomic E-state index is 0.170. The monoisotopic (exact) mass is 226 g/mol. The fraction of sp³-hybridized carbons (Fsp3) is 0.364. The number of ether oxygens (including phenoxy) is 1. The lowest BCUT2D eigenvalue weighted by Crippen LogP contribution is -2.12. The van der Waals surface area contributed by atoms with Crippen molar-refractivity contribution in [2.75, 3.05) is 7.11 Å². The van der Waals surface area contributed by atoms with Crippen LogP contribution in [0.25, 0.3) is 0 Å². The lowest BCUT2D eigenvalue weighted by atomic mass is 9.97. The van der Waals surface area contributed by atoms with E-state index in [9.17, 15) is 15.0 Å². The highest BCUT2D eigenvalue weighted by Crippen LogP contribution is 2.36. The summed E-state index contributed by atoms with van der Waals surface area (Å²) in [6.45, 7) is 3.35. The molecule has 1 rings (SSSR count). The lowest BCUT2D eigenvalue weighted by Gasteiger charge is -2.16. The molecule has 1 aromatic rings. The zero-order chi connectivity index (χ0) is 12.5. The first-order chi connectivity index (χ1) is 7.40. The van der Waals surface area contributed by atoms with Gasteiger partial charge in [-0.05, 0) is 36.6 Å². The molecule has 3 N–H and O–H groups in total. The van der Waals surface area contributed by atoms with Gasteiger partial charge in [0.05, 0.1) is 7.11 Å². The molecule has 0 radical (unpaired) electrons. The number of benzene rings is 1. The van der Waals surface area contributed by atoms with Gasteiger partial charge in [0, 0.05) is 0 Å². The second-order valence-corrected chi connectivity index (χ2v) is 3.51. The van der Waals surface area contributed by atoms with E-state index < -0.39 is 12.1 Å². The van der Waals surface area contributed by atoms with Gasteiger partial charge in [0.1, 0.15) is 0 Å². The Morgan fingerprint density at radius 1 is 1.38 bits per heavy atom. The van der Waals surface area contributed by atoms with Crippen molar-refractivity contribution in [2.45, 2.75) is 20.0 Å². The van der Waals surface area contributed by atoms with Crippen molar-refractivity contribution in [3.63, 3.8) is 0 Å². The highest BCUT2D eigenvalue weighted by atomic mass is 16.5. The normalized spacial score (nSPS) is 12.2. The smallest absolute Gasteiger partial charge is 0.337 e. The number of aliphatic carboxylic acids is 1. The Hall–Kier alpha value is -1.75. The van der Waals surface area contributed by atoms with Crippen molar-refractivity contribution in [1.82, 2.24) is 0 Å². The number of rotatable bonds is 3. The van der Waals surface area contributed by atoms with Crippen molar-refractivity contribution in [3.05, 3.63) is 22.8 Å². The summed E-state index contributed by atoms with van der Waals surface area (Å²) in [5.41, 5.74) is 1.37. The number of carbonyl (C=O) groups is 1. The SMILES string of the molecule is COc1c(O)cc(C(O)C(=O)O)c(C)c1C. The Morgan fingerprint density at radius 3 is 2.38 bits per heavy atom. The summed E-state index contributed by atoms with van der Waals surface area (Å²) in [6, 6.07) is 1.21. The first-order valence-corrected chi connectivity index (χ1v) is 4.68. The number of hydrogen-bond acceptors (Lipinski definition) is 4. The Bertz CT molecular complexity index is 425. The molecule has 88 valence electrons. The van der Waals surface area contributed by atoms with Crippen LogP contribution in [0.5, 0.6) is 11.5 Å². The Kier molecular flexibility index (Phi) is 3.39. The van der Waals surface area contributed by atoms with E-state index in [1.165, 1.54) is 13.2 Å². The number of carboxylic acid groups (broad SMARTS) is 1. The third-order valence-corrected chi connectivity index (χ3v) is 2.59. The van der Waals surface area contributed by atoms with Gasteiger partial charge in [-0.1, -0.05) is 0 Å². The van der Waals surface area contributed by atoms with E-state index in [1.54, 1.807) is 13.8 Å². The van der Waals surface area contributed by atoms with E-state index in [1.807, 2.05) is 0 Å². The van der Waals surface area contributed by atoms with Gasteiger partial charge in [0.15, 0.2) is 17.6 Å². The summed E-state index contributed by atoms with van der Waals surface area (Å²) in [5.74, 6) is -1.24. The van der Waals surface area contributed by atoms with E-state index >= 15 is 0 Å². The Morgan fingerprint density at radius 2 is 1.94 bits per heavy atom. The van der Waals surface area contributed by atoms with Crippen LogP contribution in [0.2, 0.25) is 0 Å². The van der Waals surface area contributed by atoms with Crippen molar-refractivity contribution in [3.8, 4) is 11.5 Å². The van der Waals surface area contributed by atoms with Gasteiger partial charge in [0.2, 0.25) is 0 Å². The van der Waals surface area contributed by atoms with Gasteiger partial charge in [0.25, 0.3) is 0 Å². The van der Waals surface area contributed by atoms with Gasteiger partial charge >= 0.3 is 5.97 Å². The minimum Gasteiger partial charge on any atom is -0.504 e. The third kappa shape index (κ3) is 1.94. The number of aliphatic hydroxyl groups is 1. The van der Waals surface area contributed by atoms with E-state index in [0.29, 0.717) is 16.9 Å². The maximum absolute atomic E-state index is 10.7. The van der Waals surface area contributed by atoms with Crippen LogP contribution >= 0.6 is 0 Å². The molecule has 5 heteroatoms. The molecule has 0 saturated carbocycles. The molecule has 0 fully saturated rings. The van der Waals surface area contributed by atoms with Crippen molar-refractivity contribution < 1.29 is 24.9 Å². The van der Waals surface area contributed by atoms with E-state index in [0.717, 1.165) is 0 Å². The Labute approximate surface area is 92.9 Å². The van der Waals surface area contributed by atoms with Crippen LogP contribution in [-0.2, 0) is 4.79 Å². The summed E-state index contributed by atoms with van der Waals surface area (Å²) in [7, 11) is 1.41. The summed E-state index contributed by atoms with van der Waals surface area (Å²) in [4.78, 5) is 10.7. The molecule has 0 aromatic heterocycles. The lowest BCUT2D eigenvalue weighted by molar-refractivity contribution is -0.147. The van der Waals surface area contributed by atoms with E-state index in [2.05, 4.69) is 0 Å². The fourth-order valence-corrected chi connectivity index (χ4v) is 1.57. The average Bonchev–Trinajstić information content (AvgIpc) is 2.23. The first kappa shape index (κ1) is 12.3. The number of phenolic OH excluding ortho intramolecular Hbond substituents is 1. The quantitative estimate of drug-likeness (QED) is 0.719. The maximum atomic E-state index is 10.7. The molecule has 0 heterocycles. The molecule has 16 heavy (non-hydrogen) atoms. The van der Waals surface area contributed by atoms with Crippen LogP contribution in [0.3, 0.4) is 0 Å². The molecule has 0 bridgehead atoms. The van der Waals surface area contributed by atoms with Gasteiger partial charge in [-0.15, -0.1) is 0 Å². The zero-order valence-electron chi connectivity index (χ0n) is 9.31. The molecule has 1 aromatic carbocycles. The van der Waals surface area contributed by atoms with Crippen LogP contribution in [0.4, 0.5) is 0 Å².